The lowest BCUT2D eigenvalue weighted by molar-refractivity contribution is -0.0533. The van der Waals surface area contributed by atoms with Crippen molar-refractivity contribution in [3.8, 4) is 0 Å². The van der Waals surface area contributed by atoms with Gasteiger partial charge in [-0.15, -0.1) is 0 Å². The Bertz CT molecular complexity index is 864. The van der Waals surface area contributed by atoms with Crippen LogP contribution in [0.2, 0.25) is 0 Å². The fourth-order valence-electron chi connectivity index (χ4n) is 4.49. The highest BCUT2D eigenvalue weighted by Crippen LogP contribution is 2.34. The predicted octanol–water partition coefficient (Wildman–Crippen LogP) is 2.84. The van der Waals surface area contributed by atoms with Crippen LogP contribution in [0, 0.1) is 11.6 Å². The maximum absolute atomic E-state index is 14.1. The number of aromatic nitrogens is 2. The highest BCUT2D eigenvalue weighted by atomic mass is 32.2. The molecule has 6 nitrogen and oxygen atoms in total. The van der Waals surface area contributed by atoms with Crippen LogP contribution >= 0.6 is 12.1 Å². The van der Waals surface area contributed by atoms with E-state index < -0.39 is 17.7 Å². The lowest BCUT2D eigenvalue weighted by Crippen LogP contribution is -2.47. The highest BCUT2D eigenvalue weighted by Gasteiger charge is 2.37. The Morgan fingerprint density at radius 3 is 2.76 bits per heavy atom. The van der Waals surface area contributed by atoms with E-state index in [1.54, 1.807) is 12.1 Å². The van der Waals surface area contributed by atoms with E-state index in [0.717, 1.165) is 44.0 Å². The van der Waals surface area contributed by atoms with E-state index >= 15 is 0 Å². The number of benzene rings is 1. The maximum Gasteiger partial charge on any atom is 0.129 e. The van der Waals surface area contributed by atoms with Gasteiger partial charge in [-0.2, -0.15) is 9.19 Å². The smallest absolute Gasteiger partial charge is 0.129 e. The highest BCUT2D eigenvalue weighted by molar-refractivity contribution is 7.95. The molecule has 3 aliphatic heterocycles. The molecule has 0 aliphatic carbocycles. The molecule has 1 aromatic heterocycles. The van der Waals surface area contributed by atoms with Crippen LogP contribution in [-0.2, 0) is 17.8 Å². The van der Waals surface area contributed by atoms with Gasteiger partial charge in [0.1, 0.15) is 17.7 Å². The zero-order valence-electron chi connectivity index (χ0n) is 16.1. The van der Waals surface area contributed by atoms with Gasteiger partial charge in [-0.1, -0.05) is 0 Å². The number of fused-ring (bicyclic) bond motifs is 1. The maximum atomic E-state index is 14.1. The van der Waals surface area contributed by atoms with Crippen molar-refractivity contribution in [3.63, 3.8) is 0 Å². The minimum Gasteiger partial charge on any atom is -0.370 e. The van der Waals surface area contributed by atoms with Gasteiger partial charge in [0.05, 0.1) is 24.4 Å². The van der Waals surface area contributed by atoms with Gasteiger partial charge >= 0.3 is 0 Å². The molecule has 3 aliphatic rings. The standard InChI is InChI=1S/C20H25F2N5OS/c21-14-3-4-17(22)16(7-14)20-18(23)8-15(12-28-20)25-9-13-10-27(24-19(13)11-25)29-26-5-1-2-6-26/h3-4,7,10,15,18,20H,1-2,5-6,8-9,11-12,23H2/t15?,18?,20-/m1/s1. The van der Waals surface area contributed by atoms with E-state index in [-0.39, 0.29) is 17.6 Å². The fraction of sp³-hybridized carbons (Fsp3) is 0.550. The van der Waals surface area contributed by atoms with Crippen LogP contribution in [0.5, 0.6) is 0 Å². The Balaban J connectivity index is 1.20. The zero-order chi connectivity index (χ0) is 20.0. The topological polar surface area (TPSA) is 59.5 Å². The summed E-state index contributed by atoms with van der Waals surface area (Å²) in [6, 6.07) is 3.19. The van der Waals surface area contributed by atoms with Gasteiger partial charge in [-0.25, -0.2) is 13.1 Å². The molecule has 1 aromatic carbocycles. The molecular formula is C20H25F2N5OS. The lowest BCUT2D eigenvalue weighted by atomic mass is 9.93. The van der Waals surface area contributed by atoms with E-state index in [1.165, 1.54) is 24.5 Å². The minimum absolute atomic E-state index is 0.145. The Labute approximate surface area is 173 Å². The number of nitrogens with two attached hydrogens (primary N) is 1. The van der Waals surface area contributed by atoms with Crippen molar-refractivity contribution in [3.05, 3.63) is 52.9 Å². The predicted molar refractivity (Wildman–Crippen MR) is 107 cm³/mol. The first-order valence-corrected chi connectivity index (χ1v) is 10.9. The Morgan fingerprint density at radius 2 is 2.00 bits per heavy atom. The molecule has 4 heterocycles. The summed E-state index contributed by atoms with van der Waals surface area (Å²) in [5.41, 5.74) is 8.86. The van der Waals surface area contributed by atoms with E-state index in [0.29, 0.717) is 13.0 Å². The number of nitrogens with zero attached hydrogens (tertiary/aromatic N) is 4. The van der Waals surface area contributed by atoms with Crippen LogP contribution in [0.4, 0.5) is 8.78 Å². The minimum atomic E-state index is -0.618. The number of halogens is 2. The summed E-state index contributed by atoms with van der Waals surface area (Å²) in [7, 11) is 0. The summed E-state index contributed by atoms with van der Waals surface area (Å²) in [5, 5.41) is 4.74. The number of rotatable bonds is 4. The van der Waals surface area contributed by atoms with Gasteiger partial charge in [-0.3, -0.25) is 4.90 Å². The average molecular weight is 422 g/mol. The molecule has 0 bridgehead atoms. The van der Waals surface area contributed by atoms with Crippen LogP contribution in [0.15, 0.2) is 24.4 Å². The van der Waals surface area contributed by atoms with Crippen LogP contribution in [-0.4, -0.2) is 50.2 Å². The Hall–Kier alpha value is -1.52. The van der Waals surface area contributed by atoms with Crippen molar-refractivity contribution in [2.75, 3.05) is 19.7 Å². The number of ether oxygens (including phenoxy) is 1. The van der Waals surface area contributed by atoms with E-state index in [9.17, 15) is 8.78 Å². The van der Waals surface area contributed by atoms with Crippen molar-refractivity contribution >= 4 is 12.1 Å². The van der Waals surface area contributed by atoms with Gasteiger partial charge in [0.2, 0.25) is 0 Å². The van der Waals surface area contributed by atoms with Crippen LogP contribution in [0.1, 0.15) is 42.2 Å². The number of hydrogen-bond acceptors (Lipinski definition) is 6. The fourth-order valence-corrected chi connectivity index (χ4v) is 5.46. The van der Waals surface area contributed by atoms with Crippen molar-refractivity contribution in [1.82, 2.24) is 18.4 Å². The molecule has 3 atom stereocenters. The first-order chi connectivity index (χ1) is 14.1. The second-order valence-electron chi connectivity index (χ2n) is 8.10. The van der Waals surface area contributed by atoms with Gasteiger partial charge in [-0.05, 0) is 37.5 Å². The molecule has 9 heteroatoms. The first-order valence-electron chi connectivity index (χ1n) is 10.1. The van der Waals surface area contributed by atoms with E-state index in [2.05, 4.69) is 15.4 Å². The Morgan fingerprint density at radius 1 is 1.17 bits per heavy atom. The molecule has 2 N–H and O–H groups in total. The summed E-state index contributed by atoms with van der Waals surface area (Å²) >= 11 is 1.68. The normalized spacial score (nSPS) is 28.2. The third kappa shape index (κ3) is 3.94. The van der Waals surface area contributed by atoms with Gasteiger partial charge < -0.3 is 10.5 Å². The molecule has 156 valence electrons. The van der Waals surface area contributed by atoms with Crippen LogP contribution in [0.25, 0.3) is 0 Å². The SMILES string of the molecule is NC1CC(N2Cc3cn(SN4CCCC4)nc3C2)CO[C@@H]1c1cc(F)ccc1F. The van der Waals surface area contributed by atoms with Gasteiger partial charge in [0.25, 0.3) is 0 Å². The summed E-state index contributed by atoms with van der Waals surface area (Å²) in [5.74, 6) is -0.955. The molecule has 29 heavy (non-hydrogen) atoms. The largest absolute Gasteiger partial charge is 0.370 e. The van der Waals surface area contributed by atoms with Gasteiger partial charge in [0, 0.05) is 55.6 Å². The summed E-state index contributed by atoms with van der Waals surface area (Å²) in [6.45, 7) is 4.26. The van der Waals surface area contributed by atoms with E-state index in [4.69, 9.17) is 15.6 Å². The zero-order valence-corrected chi connectivity index (χ0v) is 17.0. The Kier molecular flexibility index (Phi) is 5.34. The van der Waals surface area contributed by atoms with Gasteiger partial charge in [0.15, 0.2) is 0 Å². The summed E-state index contributed by atoms with van der Waals surface area (Å²) < 4.78 is 37.9. The quantitative estimate of drug-likeness (QED) is 0.767. The third-order valence-electron chi connectivity index (χ3n) is 6.03. The van der Waals surface area contributed by atoms with Crippen molar-refractivity contribution in [2.24, 2.45) is 5.73 Å². The molecule has 2 unspecified atom stereocenters. The molecule has 2 aromatic rings. The lowest BCUT2D eigenvalue weighted by Gasteiger charge is -2.38. The monoisotopic (exact) mass is 421 g/mol. The van der Waals surface area contributed by atoms with Crippen molar-refractivity contribution < 1.29 is 13.5 Å². The van der Waals surface area contributed by atoms with Crippen molar-refractivity contribution in [1.29, 1.82) is 0 Å². The van der Waals surface area contributed by atoms with E-state index in [1.807, 2.05) is 4.09 Å². The molecular weight excluding hydrogens is 396 g/mol. The van der Waals surface area contributed by atoms with Crippen LogP contribution < -0.4 is 5.73 Å². The second-order valence-corrected chi connectivity index (χ2v) is 9.15. The molecule has 0 amide bonds. The van der Waals surface area contributed by atoms with Crippen molar-refractivity contribution in [2.45, 2.75) is 50.5 Å². The summed E-state index contributed by atoms with van der Waals surface area (Å²) in [6.07, 6.45) is 4.68. The molecule has 2 fully saturated rings. The number of hydrogen-bond donors (Lipinski definition) is 1. The first kappa shape index (κ1) is 19.4. The molecule has 2 saturated heterocycles. The summed E-state index contributed by atoms with van der Waals surface area (Å²) in [4.78, 5) is 2.32. The average Bonchev–Trinajstić information content (AvgIpc) is 3.41. The molecule has 0 saturated carbocycles. The molecule has 0 radical (unpaired) electrons. The third-order valence-corrected chi connectivity index (χ3v) is 6.98. The molecule has 0 spiro atoms. The van der Waals surface area contributed by atoms with Crippen LogP contribution in [0.3, 0.4) is 0 Å². The second kappa shape index (κ2) is 7.96. The molecule has 5 rings (SSSR count).